The summed E-state index contributed by atoms with van der Waals surface area (Å²) >= 11 is 0. The molecule has 1 atom stereocenters. The van der Waals surface area contributed by atoms with E-state index in [0.29, 0.717) is 24.6 Å². The molecule has 2 fully saturated rings. The van der Waals surface area contributed by atoms with Crippen LogP contribution in [0.5, 0.6) is 0 Å². The van der Waals surface area contributed by atoms with E-state index in [1.807, 2.05) is 0 Å². The number of imide groups is 1. The number of nitrogens with one attached hydrogen (secondary N) is 2. The van der Waals surface area contributed by atoms with Gasteiger partial charge in [-0.05, 0) is 33.6 Å². The first kappa shape index (κ1) is 18.1. The zero-order valence-electron chi connectivity index (χ0n) is 15.2. The zero-order chi connectivity index (χ0) is 19.1. The number of urea groups is 1. The van der Waals surface area contributed by atoms with E-state index in [4.69, 9.17) is 0 Å². The van der Waals surface area contributed by atoms with Gasteiger partial charge in [-0.2, -0.15) is 0 Å². The van der Waals surface area contributed by atoms with Crippen molar-refractivity contribution < 1.29 is 14.4 Å². The summed E-state index contributed by atoms with van der Waals surface area (Å²) in [7, 11) is 0. The molecule has 3 rings (SSSR count). The Bertz CT molecular complexity index is 816. The van der Waals surface area contributed by atoms with E-state index in [-0.39, 0.29) is 23.9 Å². The molecule has 0 bridgehead atoms. The second-order valence-electron chi connectivity index (χ2n) is 7.38. The molecule has 2 saturated heterocycles. The number of aryl methyl sites for hydroxylation is 1. The predicted octanol–water partition coefficient (Wildman–Crippen LogP) is 0.115. The molecular formula is C17H23N5O4. The summed E-state index contributed by atoms with van der Waals surface area (Å²) in [5.74, 6) is -0.181. The maximum Gasteiger partial charge on any atom is 0.325 e. The quantitative estimate of drug-likeness (QED) is 0.742. The van der Waals surface area contributed by atoms with Gasteiger partial charge in [0.2, 0.25) is 5.91 Å². The van der Waals surface area contributed by atoms with Gasteiger partial charge in [0.25, 0.3) is 11.5 Å². The summed E-state index contributed by atoms with van der Waals surface area (Å²) in [5, 5.41) is 2.57. The summed E-state index contributed by atoms with van der Waals surface area (Å²) in [6, 6.07) is 0.916. The molecule has 0 spiro atoms. The van der Waals surface area contributed by atoms with Crippen LogP contribution in [0.15, 0.2) is 10.9 Å². The first-order valence-corrected chi connectivity index (χ1v) is 8.67. The Morgan fingerprint density at radius 3 is 2.69 bits per heavy atom. The lowest BCUT2D eigenvalue weighted by Crippen LogP contribution is -2.47. The number of piperidine rings is 1. The molecule has 26 heavy (non-hydrogen) atoms. The van der Waals surface area contributed by atoms with Crippen LogP contribution in [0.2, 0.25) is 0 Å². The molecular weight excluding hydrogens is 338 g/mol. The van der Waals surface area contributed by atoms with E-state index in [1.165, 1.54) is 6.07 Å². The predicted molar refractivity (Wildman–Crippen MR) is 92.5 cm³/mol. The van der Waals surface area contributed by atoms with Crippen molar-refractivity contribution in [3.8, 4) is 0 Å². The highest BCUT2D eigenvalue weighted by molar-refractivity contribution is 6.08. The normalized spacial score (nSPS) is 22.5. The van der Waals surface area contributed by atoms with Crippen molar-refractivity contribution in [1.82, 2.24) is 25.1 Å². The molecule has 0 radical (unpaired) electrons. The van der Waals surface area contributed by atoms with Crippen LogP contribution in [0.4, 0.5) is 4.79 Å². The molecule has 2 aliphatic heterocycles. The van der Waals surface area contributed by atoms with Crippen molar-refractivity contribution in [3.63, 3.8) is 0 Å². The van der Waals surface area contributed by atoms with Gasteiger partial charge in [-0.1, -0.05) is 0 Å². The lowest BCUT2D eigenvalue weighted by molar-refractivity contribution is -0.139. The van der Waals surface area contributed by atoms with Gasteiger partial charge >= 0.3 is 6.03 Å². The van der Waals surface area contributed by atoms with Crippen LogP contribution in [0, 0.1) is 6.92 Å². The molecule has 140 valence electrons. The number of likely N-dealkylation sites (tertiary alicyclic amines) is 1. The SMILES string of the molecule is Cc1nc([C@@H]2CCCN(C(=O)CN3C(=O)NC(C)(C)C3=O)C2)cc(=O)[nH]1. The van der Waals surface area contributed by atoms with Crippen LogP contribution in [-0.4, -0.2) is 62.8 Å². The molecule has 2 N–H and O–H groups in total. The number of aromatic amines is 1. The van der Waals surface area contributed by atoms with Crippen molar-refractivity contribution in [2.75, 3.05) is 19.6 Å². The fourth-order valence-electron chi connectivity index (χ4n) is 3.45. The number of amides is 4. The van der Waals surface area contributed by atoms with Crippen molar-refractivity contribution in [1.29, 1.82) is 0 Å². The van der Waals surface area contributed by atoms with E-state index in [2.05, 4.69) is 15.3 Å². The van der Waals surface area contributed by atoms with Crippen LogP contribution in [0.25, 0.3) is 0 Å². The topological polar surface area (TPSA) is 115 Å². The number of hydrogen-bond acceptors (Lipinski definition) is 5. The van der Waals surface area contributed by atoms with Crippen LogP contribution in [-0.2, 0) is 9.59 Å². The molecule has 2 aliphatic rings. The van der Waals surface area contributed by atoms with Crippen LogP contribution in [0.3, 0.4) is 0 Å². The summed E-state index contributed by atoms with van der Waals surface area (Å²) in [6.45, 7) is 5.64. The Morgan fingerprint density at radius 1 is 1.35 bits per heavy atom. The Labute approximate surface area is 150 Å². The number of rotatable bonds is 3. The Balaban J connectivity index is 1.69. The third-order valence-corrected chi connectivity index (χ3v) is 4.81. The molecule has 9 heteroatoms. The minimum Gasteiger partial charge on any atom is -0.340 e. The highest BCUT2D eigenvalue weighted by Crippen LogP contribution is 2.25. The van der Waals surface area contributed by atoms with E-state index in [9.17, 15) is 19.2 Å². The van der Waals surface area contributed by atoms with Crippen LogP contribution < -0.4 is 10.9 Å². The maximum absolute atomic E-state index is 12.6. The van der Waals surface area contributed by atoms with Gasteiger partial charge in [0.1, 0.15) is 17.9 Å². The van der Waals surface area contributed by atoms with Crippen LogP contribution in [0.1, 0.15) is 44.1 Å². The van der Waals surface area contributed by atoms with E-state index in [1.54, 1.807) is 25.7 Å². The zero-order valence-corrected chi connectivity index (χ0v) is 15.2. The maximum atomic E-state index is 12.6. The van der Waals surface area contributed by atoms with E-state index in [0.717, 1.165) is 17.7 Å². The minimum atomic E-state index is -0.992. The van der Waals surface area contributed by atoms with Gasteiger partial charge in [0.15, 0.2) is 0 Å². The van der Waals surface area contributed by atoms with Crippen LogP contribution >= 0.6 is 0 Å². The van der Waals surface area contributed by atoms with Crippen molar-refractivity contribution in [2.45, 2.75) is 45.1 Å². The van der Waals surface area contributed by atoms with Crippen molar-refractivity contribution >= 4 is 17.8 Å². The fraction of sp³-hybridized carbons (Fsp3) is 0.588. The average Bonchev–Trinajstić information content (AvgIpc) is 2.76. The number of carbonyl (C=O) groups is 3. The van der Waals surface area contributed by atoms with Gasteiger partial charge in [0.05, 0.1) is 5.69 Å². The first-order chi connectivity index (χ1) is 12.2. The second kappa shape index (κ2) is 6.54. The number of hydrogen-bond donors (Lipinski definition) is 2. The molecule has 0 aliphatic carbocycles. The number of H-pyrrole nitrogens is 1. The smallest absolute Gasteiger partial charge is 0.325 e. The Kier molecular flexibility index (Phi) is 4.55. The molecule has 3 heterocycles. The fourth-order valence-corrected chi connectivity index (χ4v) is 3.45. The van der Waals surface area contributed by atoms with Gasteiger partial charge in [0, 0.05) is 25.1 Å². The lowest BCUT2D eigenvalue weighted by atomic mass is 9.94. The number of nitrogens with zero attached hydrogens (tertiary/aromatic N) is 3. The average molecular weight is 361 g/mol. The molecule has 1 aromatic heterocycles. The minimum absolute atomic E-state index is 0.0340. The monoisotopic (exact) mass is 361 g/mol. The Morgan fingerprint density at radius 2 is 2.08 bits per heavy atom. The second-order valence-corrected chi connectivity index (χ2v) is 7.38. The first-order valence-electron chi connectivity index (χ1n) is 8.67. The largest absolute Gasteiger partial charge is 0.340 e. The van der Waals surface area contributed by atoms with Gasteiger partial charge in [-0.3, -0.25) is 19.3 Å². The van der Waals surface area contributed by atoms with E-state index >= 15 is 0 Å². The number of carbonyl (C=O) groups excluding carboxylic acids is 3. The standard InChI is InChI=1S/C17H23N5O4/c1-10-18-12(7-13(23)19-10)11-5-4-6-21(8-11)14(24)9-22-15(25)17(2,3)20-16(22)26/h7,11H,4-6,8-9H2,1-3H3,(H,20,26)(H,18,19,23)/t11-/m1/s1. The summed E-state index contributed by atoms with van der Waals surface area (Å²) < 4.78 is 0. The molecule has 0 unspecified atom stereocenters. The molecule has 0 aromatic carbocycles. The highest BCUT2D eigenvalue weighted by atomic mass is 16.2. The van der Waals surface area contributed by atoms with Crippen molar-refractivity contribution in [2.24, 2.45) is 0 Å². The van der Waals surface area contributed by atoms with Crippen molar-refractivity contribution in [3.05, 3.63) is 27.9 Å². The lowest BCUT2D eigenvalue weighted by Gasteiger charge is -2.33. The molecule has 4 amide bonds. The summed E-state index contributed by atoms with van der Waals surface area (Å²) in [4.78, 5) is 58.1. The van der Waals surface area contributed by atoms with Gasteiger partial charge in [-0.25, -0.2) is 9.78 Å². The van der Waals surface area contributed by atoms with E-state index < -0.39 is 17.5 Å². The third-order valence-electron chi connectivity index (χ3n) is 4.81. The summed E-state index contributed by atoms with van der Waals surface area (Å²) in [6.07, 6.45) is 1.60. The Hall–Kier alpha value is -2.71. The third kappa shape index (κ3) is 3.47. The molecule has 9 nitrogen and oxygen atoms in total. The molecule has 0 saturated carbocycles. The molecule has 1 aromatic rings. The highest BCUT2D eigenvalue weighted by Gasteiger charge is 2.45. The van der Waals surface area contributed by atoms with Gasteiger partial charge < -0.3 is 15.2 Å². The van der Waals surface area contributed by atoms with Gasteiger partial charge in [-0.15, -0.1) is 0 Å². The number of aromatic nitrogens is 2. The summed E-state index contributed by atoms with van der Waals surface area (Å²) in [5.41, 5.74) is -0.536.